The number of rotatable bonds is 9. The fourth-order valence-corrected chi connectivity index (χ4v) is 13.4. The minimum atomic E-state index is -0.366. The Bertz CT molecular complexity index is 2560. The molecule has 0 radical (unpaired) electrons. The molecule has 0 fully saturated rings. The smallest absolute Gasteiger partial charge is 0.160 e. The first-order chi connectivity index (χ1) is 31.9. The van der Waals surface area contributed by atoms with Crippen LogP contribution in [0.25, 0.3) is 11.1 Å². The lowest BCUT2D eigenvalue weighted by molar-refractivity contribution is 0.100. The number of benzene rings is 6. The van der Waals surface area contributed by atoms with Crippen molar-refractivity contribution in [3.63, 3.8) is 0 Å². The summed E-state index contributed by atoms with van der Waals surface area (Å²) in [6.45, 7) is 39.3. The van der Waals surface area contributed by atoms with E-state index in [0.717, 1.165) is 33.4 Å². The average Bonchev–Trinajstić information content (AvgIpc) is 3.21. The van der Waals surface area contributed by atoms with Gasteiger partial charge in [-0.3, -0.25) is 9.59 Å². The van der Waals surface area contributed by atoms with Gasteiger partial charge in [-0.25, -0.2) is 8.78 Å². The number of halogens is 3. The Morgan fingerprint density at radius 3 is 1.32 bits per heavy atom. The van der Waals surface area contributed by atoms with Gasteiger partial charge in [0.1, 0.15) is 28.9 Å². The van der Waals surface area contributed by atoms with Crippen LogP contribution in [0.5, 0.6) is 17.2 Å². The molecule has 0 unspecified atom stereocenters. The molecule has 0 spiro atoms. The number of carbonyl (C=O) groups is 2. The second kappa shape index (κ2) is 25.1. The standard InChI is InChI=1S/C29H45P.C16H15FO2.C10H11ClO.C6H5FO/c1-19(2)22-17-24(20(3)4)27(25(18-22)21(5)6)23-15-13-14-16-26(23)30(28(7,8)9)29(10,11)12;1-10-8-15(9-11(2)16(10)12(3)18)19-14-6-4-13(17)5-7-14;1-6-4-9(11)5-7(2)10(6)8(3)12;7-5-1-3-6(8)4-2-5/h13-21H,1-12H3;4-9H,1-3H3;4-5H,1-3H3;1-4,8H. The molecule has 0 saturated heterocycles. The summed E-state index contributed by atoms with van der Waals surface area (Å²) in [6, 6.07) is 32.4. The van der Waals surface area contributed by atoms with Crippen LogP contribution in [0.2, 0.25) is 5.02 Å². The van der Waals surface area contributed by atoms with Gasteiger partial charge in [-0.1, -0.05) is 139 Å². The van der Waals surface area contributed by atoms with Gasteiger partial charge in [0, 0.05) is 16.1 Å². The van der Waals surface area contributed by atoms with Crippen LogP contribution in [0, 0.1) is 39.3 Å². The molecule has 0 bridgehead atoms. The molecule has 4 nitrogen and oxygen atoms in total. The number of carbonyl (C=O) groups excluding carboxylic acids is 2. The third-order valence-electron chi connectivity index (χ3n) is 11.5. The van der Waals surface area contributed by atoms with Gasteiger partial charge in [0.2, 0.25) is 0 Å². The van der Waals surface area contributed by atoms with E-state index in [1.165, 1.54) is 64.2 Å². The van der Waals surface area contributed by atoms with Crippen molar-refractivity contribution in [3.8, 4) is 28.4 Å². The predicted molar refractivity (Wildman–Crippen MR) is 292 cm³/mol. The third kappa shape index (κ3) is 16.8. The monoisotopic (exact) mass is 977 g/mol. The van der Waals surface area contributed by atoms with Crippen molar-refractivity contribution >= 4 is 36.4 Å². The molecule has 8 heteroatoms. The molecule has 0 aliphatic heterocycles. The number of Topliss-reactive ketones (excluding diaryl/α,β-unsaturated/α-hetero) is 2. The van der Waals surface area contributed by atoms with Crippen molar-refractivity contribution in [1.29, 1.82) is 0 Å². The molecule has 1 N–H and O–H groups in total. The quantitative estimate of drug-likeness (QED) is 0.116. The van der Waals surface area contributed by atoms with Crippen LogP contribution < -0.4 is 10.0 Å². The van der Waals surface area contributed by atoms with Crippen molar-refractivity contribution in [2.24, 2.45) is 0 Å². The van der Waals surface area contributed by atoms with Crippen molar-refractivity contribution in [2.45, 2.75) is 153 Å². The molecule has 0 amide bonds. The number of aromatic hydroxyl groups is 1. The fraction of sp³-hybridized carbons (Fsp3) is 0.377. The van der Waals surface area contributed by atoms with E-state index in [2.05, 4.69) is 119 Å². The summed E-state index contributed by atoms with van der Waals surface area (Å²) in [5.74, 6) is 2.36. The maximum absolute atomic E-state index is 12.8. The molecular formula is C61H76ClF2O4P. The van der Waals surface area contributed by atoms with Crippen LogP contribution in [0.1, 0.15) is 174 Å². The molecule has 370 valence electrons. The lowest BCUT2D eigenvalue weighted by atomic mass is 9.82. The number of phenols is 1. The summed E-state index contributed by atoms with van der Waals surface area (Å²) >= 11 is 5.82. The molecule has 0 aliphatic carbocycles. The summed E-state index contributed by atoms with van der Waals surface area (Å²) in [7, 11) is -0.366. The number of hydrogen-bond acceptors (Lipinski definition) is 4. The number of hydrogen-bond donors (Lipinski definition) is 1. The van der Waals surface area contributed by atoms with E-state index < -0.39 is 0 Å². The van der Waals surface area contributed by atoms with Crippen LogP contribution in [-0.2, 0) is 0 Å². The Labute approximate surface area is 419 Å². The molecule has 6 rings (SSSR count). The summed E-state index contributed by atoms with van der Waals surface area (Å²) in [6.07, 6.45) is 0. The maximum atomic E-state index is 12.8. The normalized spacial score (nSPS) is 11.4. The molecule has 0 aromatic heterocycles. The van der Waals surface area contributed by atoms with E-state index in [-0.39, 0.29) is 47.2 Å². The van der Waals surface area contributed by atoms with Crippen LogP contribution in [-0.4, -0.2) is 27.0 Å². The van der Waals surface area contributed by atoms with Crippen molar-refractivity contribution in [1.82, 2.24) is 0 Å². The molecular weight excluding hydrogens is 901 g/mol. The van der Waals surface area contributed by atoms with Crippen LogP contribution in [0.4, 0.5) is 8.78 Å². The van der Waals surface area contributed by atoms with Gasteiger partial charge < -0.3 is 9.84 Å². The van der Waals surface area contributed by atoms with Crippen LogP contribution in [0.15, 0.2) is 109 Å². The van der Waals surface area contributed by atoms with Crippen LogP contribution in [0.3, 0.4) is 0 Å². The Morgan fingerprint density at radius 1 is 0.565 bits per heavy atom. The average molecular weight is 978 g/mol. The maximum Gasteiger partial charge on any atom is 0.160 e. The van der Waals surface area contributed by atoms with E-state index in [4.69, 9.17) is 21.4 Å². The van der Waals surface area contributed by atoms with Crippen molar-refractivity contribution in [2.75, 3.05) is 0 Å². The second-order valence-electron chi connectivity index (χ2n) is 20.7. The van der Waals surface area contributed by atoms with Crippen molar-refractivity contribution < 1.29 is 28.2 Å². The Kier molecular flexibility index (Phi) is 21.2. The highest BCUT2D eigenvalue weighted by Gasteiger charge is 2.37. The van der Waals surface area contributed by atoms with Gasteiger partial charge in [0.25, 0.3) is 0 Å². The zero-order valence-electron chi connectivity index (χ0n) is 44.4. The summed E-state index contributed by atoms with van der Waals surface area (Å²) < 4.78 is 30.4. The molecule has 69 heavy (non-hydrogen) atoms. The first-order valence-electron chi connectivity index (χ1n) is 23.8. The molecule has 0 aliphatic rings. The van der Waals surface area contributed by atoms with Gasteiger partial charge in [-0.2, -0.15) is 0 Å². The Balaban J connectivity index is 0.000000273. The molecule has 6 aromatic carbocycles. The zero-order valence-corrected chi connectivity index (χ0v) is 46.0. The van der Waals surface area contributed by atoms with Gasteiger partial charge in [0.15, 0.2) is 11.6 Å². The lowest BCUT2D eigenvalue weighted by Gasteiger charge is -2.43. The predicted octanol–water partition coefficient (Wildman–Crippen LogP) is 18.6. The van der Waals surface area contributed by atoms with Gasteiger partial charge in [0.05, 0.1) is 0 Å². The first kappa shape index (κ1) is 58.2. The first-order valence-corrected chi connectivity index (χ1v) is 25.5. The summed E-state index contributed by atoms with van der Waals surface area (Å²) in [4.78, 5) is 22.7. The number of phenolic OH excluding ortho intramolecular Hbond substituents is 1. The SMILES string of the molecule is CC(=O)c1c(C)cc(Cl)cc1C.CC(=O)c1c(C)cc(Oc2ccc(F)cc2)cc1C.CC(C)c1cc(C(C)C)c(-c2ccccc2P(C(C)(C)C)C(C)(C)C)c(C(C)C)c1.Oc1ccc(F)cc1. The highest BCUT2D eigenvalue weighted by Crippen LogP contribution is 2.60. The Hall–Kier alpha value is -5.16. The topological polar surface area (TPSA) is 63.6 Å². The van der Waals surface area contributed by atoms with Gasteiger partial charge in [-0.05, 0) is 198 Å². The van der Waals surface area contributed by atoms with Gasteiger partial charge >= 0.3 is 0 Å². The minimum Gasteiger partial charge on any atom is -0.508 e. The minimum absolute atomic E-state index is 0.0448. The van der Waals surface area contributed by atoms with E-state index in [1.54, 1.807) is 31.3 Å². The number of ether oxygens (including phenoxy) is 1. The molecule has 0 saturated carbocycles. The van der Waals surface area contributed by atoms with Crippen molar-refractivity contribution in [3.05, 3.63) is 176 Å². The number of aryl methyl sites for hydroxylation is 4. The van der Waals surface area contributed by atoms with E-state index in [0.29, 0.717) is 34.3 Å². The van der Waals surface area contributed by atoms with Crippen LogP contribution >= 0.6 is 19.5 Å². The van der Waals surface area contributed by atoms with E-state index in [9.17, 15) is 18.4 Å². The Morgan fingerprint density at radius 2 is 0.957 bits per heavy atom. The number of ketones is 2. The summed E-state index contributed by atoms with van der Waals surface area (Å²) in [5, 5.41) is 11.3. The largest absolute Gasteiger partial charge is 0.508 e. The zero-order chi connectivity index (χ0) is 52.3. The molecule has 0 atom stereocenters. The fourth-order valence-electron chi connectivity index (χ4n) is 8.96. The third-order valence-corrected chi connectivity index (χ3v) is 15.2. The molecule has 0 heterocycles. The van der Waals surface area contributed by atoms with Gasteiger partial charge in [-0.15, -0.1) is 0 Å². The summed E-state index contributed by atoms with van der Waals surface area (Å²) in [5.41, 5.74) is 12.6. The lowest BCUT2D eigenvalue weighted by Crippen LogP contribution is -2.32. The highest BCUT2D eigenvalue weighted by molar-refractivity contribution is 7.68. The second-order valence-corrected chi connectivity index (χ2v) is 25.0. The highest BCUT2D eigenvalue weighted by atomic mass is 35.5. The van der Waals surface area contributed by atoms with E-state index >= 15 is 0 Å². The molecule has 6 aromatic rings. The van der Waals surface area contributed by atoms with E-state index in [1.807, 2.05) is 52.0 Å².